The van der Waals surface area contributed by atoms with Gasteiger partial charge in [-0.2, -0.15) is 85.8 Å². The zero-order chi connectivity index (χ0) is 64.9. The Hall–Kier alpha value is -6.51. The van der Waals surface area contributed by atoms with E-state index in [1.807, 2.05) is 0 Å². The van der Waals surface area contributed by atoms with Crippen LogP contribution in [0.3, 0.4) is 0 Å². The molecule has 10 nitrogen and oxygen atoms in total. The largest absolute Gasteiger partial charge is 0.421 e. The van der Waals surface area contributed by atoms with Crippen molar-refractivity contribution in [3.63, 3.8) is 0 Å². The maximum absolute atomic E-state index is 12.9. The van der Waals surface area contributed by atoms with Crippen molar-refractivity contribution in [2.24, 2.45) is 0 Å². The molecule has 0 saturated carbocycles. The quantitative estimate of drug-likeness (QED) is 0.0933. The van der Waals surface area contributed by atoms with Crippen LogP contribution >= 0.6 is 0 Å². The van der Waals surface area contributed by atoms with Gasteiger partial charge in [-0.15, -0.1) is 77.4 Å². The fraction of sp³-hybridized carbons (Fsp3) is 0.167. The van der Waals surface area contributed by atoms with Gasteiger partial charge in [0.2, 0.25) is 11.9 Å². The summed E-state index contributed by atoms with van der Waals surface area (Å²) in [5.41, 5.74) is -1.11. The molecule has 10 heterocycles. The molecule has 503 valence electrons. The van der Waals surface area contributed by atoms with Crippen molar-refractivity contribution in [1.82, 2.24) is 49.8 Å². The van der Waals surface area contributed by atoms with Crippen LogP contribution in [0.15, 0.2) is 134 Å². The van der Waals surface area contributed by atoms with E-state index in [0.717, 1.165) is 36.5 Å². The Morgan fingerprint density at radius 2 is 0.677 bits per heavy atom. The van der Waals surface area contributed by atoms with E-state index in [4.69, 9.17) is 0 Å². The molecule has 10 aromatic rings. The van der Waals surface area contributed by atoms with Gasteiger partial charge in [0.05, 0.1) is 34.7 Å². The molecule has 0 aliphatic rings. The number of rotatable bonds is 5. The molecule has 0 aromatic carbocycles. The maximum Gasteiger partial charge on any atom is 0.421 e. The first-order chi connectivity index (χ1) is 41.1. The smallest absolute Gasteiger partial charge is 0.344 e. The minimum atomic E-state index is -4.59. The normalized spacial score (nSPS) is 11.0. The molecule has 33 heteroatoms. The Labute approximate surface area is 585 Å². The van der Waals surface area contributed by atoms with Crippen LogP contribution in [0, 0.1) is 82.7 Å². The molecular weight excluding hydrogens is 2160 g/mol. The molecule has 5 radical (unpaired) electrons. The summed E-state index contributed by atoms with van der Waals surface area (Å²) >= 11 is 0. The van der Waals surface area contributed by atoms with Crippen LogP contribution in [0.5, 0.6) is 0 Å². The van der Waals surface area contributed by atoms with Gasteiger partial charge in [-0.3, -0.25) is 19.9 Å². The van der Waals surface area contributed by atoms with Crippen LogP contribution in [-0.2, 0) is 131 Å². The van der Waals surface area contributed by atoms with E-state index >= 15 is 0 Å². The summed E-state index contributed by atoms with van der Waals surface area (Å²) < 4.78 is 226. The first-order valence-electron chi connectivity index (χ1n) is 24.6. The summed E-state index contributed by atoms with van der Waals surface area (Å²) in [7, 11) is 0. The van der Waals surface area contributed by atoms with Gasteiger partial charge in [-0.25, -0.2) is 4.39 Å². The second-order valence-corrected chi connectivity index (χ2v) is 17.8. The number of nitrogens with zero attached hydrogens (tertiary/aromatic N) is 10. The number of aromatic nitrogens is 10. The fourth-order valence-electron chi connectivity index (χ4n) is 7.18. The van der Waals surface area contributed by atoms with Crippen molar-refractivity contribution >= 4 is 0 Å². The van der Waals surface area contributed by atoms with Crippen molar-refractivity contribution in [3.05, 3.63) is 239 Å². The average molecular weight is 2200 g/mol. The summed E-state index contributed by atoms with van der Waals surface area (Å²) in [6, 6.07) is 37.8. The SMILES string of the molecule is Cc1cc(-c2cccc(F)n2)[c-]c(C(F)(F)F)n1.Cc1cc(-c2ccccn2)[c-]c(C(F)(F)F)n1.Cc1nc(C(F)(F)F)c[c-]c1-c1ccc(F)cn1.Cc1nc(C(F)(F)F)c[c-]c1-c1cccc(F)n1.Cc1nc(C(F)(F)F)c[c-]c1-c1ccccn1.[Ir].[Ir].[Ir].[Ir].[Ir]. The molecule has 0 amide bonds. The van der Waals surface area contributed by atoms with Crippen molar-refractivity contribution in [3.8, 4) is 56.3 Å². The topological polar surface area (TPSA) is 129 Å². The molecule has 93 heavy (non-hydrogen) atoms. The van der Waals surface area contributed by atoms with Crippen LogP contribution in [0.1, 0.15) is 56.9 Å². The minimum absolute atomic E-state index is 0. The summed E-state index contributed by atoms with van der Waals surface area (Å²) in [5.74, 6) is -1.99. The molecule has 0 spiro atoms. The standard InChI is InChI=1S/3C12H7F4N2.2C12H8F3N2.5Ir/c1-7-9(10-4-2-8(13)6-17-10)3-5-11(18-7)12(14,15)16;1-7-5-8(6-10(17-7)12(14,15)16)9-3-2-4-11(13)18-9;1-7-8(9-3-2-4-11(13)18-9)5-6-10(17-7)12(14,15)16;1-8-9(10-4-2-3-7-16-10)5-6-11(17-8)12(13,14)15;1-8-6-9(10-4-2-3-5-16-10)7-11(17-8)12(13,14)15;;;;;/h2,4-6H,1H3;2-5H,1H3;2-4,6H,1H3;2-4,6-7H,1H3;2-6H,1H3;;;;;/q5*-1;;;;;. The molecule has 0 saturated heterocycles. The second kappa shape index (κ2) is 36.4. The van der Waals surface area contributed by atoms with Gasteiger partial charge in [-0.1, -0.05) is 75.4 Å². The first-order valence-corrected chi connectivity index (χ1v) is 24.6. The van der Waals surface area contributed by atoms with Crippen molar-refractivity contribution in [2.75, 3.05) is 0 Å². The number of hydrogen-bond donors (Lipinski definition) is 0. The predicted molar refractivity (Wildman–Crippen MR) is 280 cm³/mol. The summed E-state index contributed by atoms with van der Waals surface area (Å²) in [4.78, 5) is 36.1. The number of pyridine rings is 10. The van der Waals surface area contributed by atoms with Crippen molar-refractivity contribution in [1.29, 1.82) is 0 Å². The van der Waals surface area contributed by atoms with E-state index in [1.165, 1.54) is 89.3 Å². The van der Waals surface area contributed by atoms with E-state index in [1.54, 1.807) is 42.6 Å². The van der Waals surface area contributed by atoms with Crippen molar-refractivity contribution < 1.29 is 180 Å². The Morgan fingerprint density at radius 3 is 1.01 bits per heavy atom. The first kappa shape index (κ1) is 84.5. The molecule has 0 unspecified atom stereocenters. The summed E-state index contributed by atoms with van der Waals surface area (Å²) in [5, 5.41) is 0. The minimum Gasteiger partial charge on any atom is -0.344 e. The van der Waals surface area contributed by atoms with E-state index in [2.05, 4.69) is 80.2 Å². The molecule has 0 atom stereocenters. The fourth-order valence-corrected chi connectivity index (χ4v) is 7.18. The third-order valence-electron chi connectivity index (χ3n) is 11.0. The monoisotopic (exact) mass is 2200 g/mol. The Bertz CT molecular complexity index is 3980. The number of aryl methyl sites for hydroxylation is 5. The zero-order valence-corrected chi connectivity index (χ0v) is 59.1. The third kappa shape index (κ3) is 25.6. The van der Waals surface area contributed by atoms with Gasteiger partial charge in [0, 0.05) is 113 Å². The van der Waals surface area contributed by atoms with Crippen LogP contribution < -0.4 is 0 Å². The second-order valence-electron chi connectivity index (χ2n) is 17.8. The molecule has 0 fully saturated rings. The van der Waals surface area contributed by atoms with Gasteiger partial charge < -0.3 is 29.9 Å². The van der Waals surface area contributed by atoms with Gasteiger partial charge in [0.25, 0.3) is 0 Å². The summed E-state index contributed by atoms with van der Waals surface area (Å²) in [6.07, 6.45) is -18.5. The molecule has 0 N–H and O–H groups in total. The average Bonchev–Trinajstić information content (AvgIpc) is 1.83. The third-order valence-corrected chi connectivity index (χ3v) is 11.0. The zero-order valence-electron chi connectivity index (χ0n) is 47.1. The van der Waals surface area contributed by atoms with E-state index in [-0.39, 0.29) is 152 Å². The van der Waals surface area contributed by atoms with E-state index in [9.17, 15) is 79.0 Å². The number of halogens is 18. The predicted octanol–water partition coefficient (Wildman–Crippen LogP) is 16.8. The molecule has 0 aliphatic heterocycles. The van der Waals surface area contributed by atoms with Crippen LogP contribution in [0.25, 0.3) is 56.3 Å². The Kier molecular flexibility index (Phi) is 33.1. The Morgan fingerprint density at radius 1 is 0.333 bits per heavy atom. The van der Waals surface area contributed by atoms with Crippen LogP contribution in [0.4, 0.5) is 79.0 Å². The molecule has 10 aromatic heterocycles. The van der Waals surface area contributed by atoms with Crippen LogP contribution in [-0.4, -0.2) is 49.8 Å². The van der Waals surface area contributed by atoms with Gasteiger partial charge in [0.1, 0.15) is 5.82 Å². The molecule has 0 bridgehead atoms. The Balaban J connectivity index is 0.000000574. The number of hydrogen-bond acceptors (Lipinski definition) is 10. The molecule has 0 aliphatic carbocycles. The summed E-state index contributed by atoms with van der Waals surface area (Å²) in [6.45, 7) is 7.26. The molecular formula is C60H37F18Ir5N10-5. The van der Waals surface area contributed by atoms with E-state index in [0.29, 0.717) is 33.8 Å². The van der Waals surface area contributed by atoms with Gasteiger partial charge >= 0.3 is 30.9 Å². The van der Waals surface area contributed by atoms with Gasteiger partial charge in [-0.05, 0) is 101 Å². The van der Waals surface area contributed by atoms with Crippen LogP contribution in [0.2, 0.25) is 0 Å². The maximum atomic E-state index is 12.9. The van der Waals surface area contributed by atoms with Gasteiger partial charge in [0.15, 0.2) is 0 Å². The number of alkyl halides is 15. The van der Waals surface area contributed by atoms with Crippen molar-refractivity contribution in [2.45, 2.75) is 65.5 Å². The van der Waals surface area contributed by atoms with E-state index < -0.39 is 77.1 Å². The molecule has 10 rings (SSSR count).